The lowest BCUT2D eigenvalue weighted by Gasteiger charge is -2.20. The van der Waals surface area contributed by atoms with Crippen LogP contribution in [0, 0.1) is 11.7 Å². The van der Waals surface area contributed by atoms with Crippen LogP contribution in [0.1, 0.15) is 51.0 Å². The fourth-order valence-electron chi connectivity index (χ4n) is 3.22. The number of carbonyl (C=O) groups excluding carboxylic acids is 2. The van der Waals surface area contributed by atoms with E-state index in [4.69, 9.17) is 0 Å². The zero-order chi connectivity index (χ0) is 18.1. The molecule has 0 heterocycles. The summed E-state index contributed by atoms with van der Waals surface area (Å²) < 4.78 is 13.7. The van der Waals surface area contributed by atoms with Gasteiger partial charge in [0.15, 0.2) is 0 Å². The summed E-state index contributed by atoms with van der Waals surface area (Å²) in [7, 11) is 0. The van der Waals surface area contributed by atoms with Gasteiger partial charge in [0.05, 0.1) is 0 Å². The van der Waals surface area contributed by atoms with Crippen LogP contribution in [0.4, 0.5) is 4.39 Å². The van der Waals surface area contributed by atoms with Gasteiger partial charge in [0, 0.05) is 31.1 Å². The van der Waals surface area contributed by atoms with E-state index >= 15 is 0 Å². The highest BCUT2D eigenvalue weighted by molar-refractivity contribution is 5.94. The standard InChI is InChI=1S/C20H27FN2O2/c1-15(17-9-5-6-10-18(17)21)13-19(24)22-11-12-23-20(25)14-16-7-3-2-4-8-16/h5-6,9-10,13,16H,2-4,7-8,11-12,14H2,1H3,(H,22,24)(H,23,25)/b15-13-. The summed E-state index contributed by atoms with van der Waals surface area (Å²) in [6, 6.07) is 6.35. The number of rotatable bonds is 7. The molecule has 0 bridgehead atoms. The second kappa shape index (κ2) is 9.97. The van der Waals surface area contributed by atoms with E-state index in [1.54, 1.807) is 25.1 Å². The third-order valence-electron chi connectivity index (χ3n) is 4.59. The minimum absolute atomic E-state index is 0.0548. The van der Waals surface area contributed by atoms with Gasteiger partial charge in [0.1, 0.15) is 5.82 Å². The Balaban J connectivity index is 1.67. The van der Waals surface area contributed by atoms with Crippen LogP contribution < -0.4 is 10.6 Å². The van der Waals surface area contributed by atoms with E-state index in [2.05, 4.69) is 10.6 Å². The molecule has 136 valence electrons. The maximum Gasteiger partial charge on any atom is 0.244 e. The third-order valence-corrected chi connectivity index (χ3v) is 4.59. The van der Waals surface area contributed by atoms with E-state index in [0.29, 0.717) is 36.6 Å². The van der Waals surface area contributed by atoms with Crippen molar-refractivity contribution in [3.63, 3.8) is 0 Å². The van der Waals surface area contributed by atoms with E-state index in [1.807, 2.05) is 0 Å². The monoisotopic (exact) mass is 346 g/mol. The summed E-state index contributed by atoms with van der Waals surface area (Å²) in [5.41, 5.74) is 0.982. The highest BCUT2D eigenvalue weighted by Gasteiger charge is 2.16. The van der Waals surface area contributed by atoms with Gasteiger partial charge in [0.25, 0.3) is 0 Å². The van der Waals surface area contributed by atoms with Crippen LogP contribution in [-0.2, 0) is 9.59 Å². The number of amides is 2. The zero-order valence-corrected chi connectivity index (χ0v) is 14.8. The van der Waals surface area contributed by atoms with E-state index < -0.39 is 0 Å². The molecule has 2 rings (SSSR count). The maximum atomic E-state index is 13.7. The predicted molar refractivity (Wildman–Crippen MR) is 97.3 cm³/mol. The minimum Gasteiger partial charge on any atom is -0.354 e. The fraction of sp³-hybridized carbons (Fsp3) is 0.500. The summed E-state index contributed by atoms with van der Waals surface area (Å²) in [5, 5.41) is 5.55. The Morgan fingerprint density at radius 2 is 1.80 bits per heavy atom. The molecule has 2 N–H and O–H groups in total. The average Bonchev–Trinajstić information content (AvgIpc) is 2.60. The predicted octanol–water partition coefficient (Wildman–Crippen LogP) is 3.43. The minimum atomic E-state index is -0.348. The first-order chi connectivity index (χ1) is 12.1. The second-order valence-electron chi connectivity index (χ2n) is 6.66. The first kappa shape index (κ1) is 19.2. The largest absolute Gasteiger partial charge is 0.354 e. The molecule has 1 aliphatic rings. The Bertz CT molecular complexity index is 622. The van der Waals surface area contributed by atoms with Gasteiger partial charge in [-0.2, -0.15) is 0 Å². The highest BCUT2D eigenvalue weighted by atomic mass is 19.1. The van der Waals surface area contributed by atoms with Crippen molar-refractivity contribution in [1.29, 1.82) is 0 Å². The Labute approximate surface area is 148 Å². The molecule has 1 aromatic rings. The molecule has 1 fully saturated rings. The molecule has 0 spiro atoms. The Kier molecular flexibility index (Phi) is 7.64. The van der Waals surface area contributed by atoms with Gasteiger partial charge in [-0.15, -0.1) is 0 Å². The first-order valence-electron chi connectivity index (χ1n) is 9.04. The molecule has 0 aliphatic heterocycles. The van der Waals surface area contributed by atoms with Crippen LogP contribution in [0.5, 0.6) is 0 Å². The summed E-state index contributed by atoms with van der Waals surface area (Å²) in [6.45, 7) is 2.46. The molecule has 1 aliphatic carbocycles. The van der Waals surface area contributed by atoms with Crippen molar-refractivity contribution in [2.75, 3.05) is 13.1 Å². The molecule has 5 heteroatoms. The molecule has 0 radical (unpaired) electrons. The molecule has 0 aromatic heterocycles. The second-order valence-corrected chi connectivity index (χ2v) is 6.66. The van der Waals surface area contributed by atoms with Crippen molar-refractivity contribution in [1.82, 2.24) is 10.6 Å². The van der Waals surface area contributed by atoms with E-state index in [0.717, 1.165) is 12.8 Å². The first-order valence-corrected chi connectivity index (χ1v) is 9.04. The highest BCUT2D eigenvalue weighted by Crippen LogP contribution is 2.25. The summed E-state index contributed by atoms with van der Waals surface area (Å²) in [6.07, 6.45) is 7.98. The molecular weight excluding hydrogens is 319 g/mol. The summed E-state index contributed by atoms with van der Waals surface area (Å²) >= 11 is 0. The van der Waals surface area contributed by atoms with Gasteiger partial charge in [0.2, 0.25) is 11.8 Å². The number of benzene rings is 1. The van der Waals surface area contributed by atoms with Crippen molar-refractivity contribution in [2.45, 2.75) is 45.4 Å². The van der Waals surface area contributed by atoms with Crippen LogP contribution >= 0.6 is 0 Å². The van der Waals surface area contributed by atoms with E-state index in [9.17, 15) is 14.0 Å². The van der Waals surface area contributed by atoms with Crippen LogP contribution in [0.25, 0.3) is 5.57 Å². The molecule has 0 unspecified atom stereocenters. The van der Waals surface area contributed by atoms with Crippen molar-refractivity contribution < 1.29 is 14.0 Å². The topological polar surface area (TPSA) is 58.2 Å². The van der Waals surface area contributed by atoms with E-state index in [-0.39, 0.29) is 17.6 Å². The third kappa shape index (κ3) is 6.69. The lowest BCUT2D eigenvalue weighted by Crippen LogP contribution is -2.35. The van der Waals surface area contributed by atoms with Gasteiger partial charge >= 0.3 is 0 Å². The molecule has 0 saturated heterocycles. The molecular formula is C20H27FN2O2. The number of hydrogen-bond donors (Lipinski definition) is 2. The molecule has 25 heavy (non-hydrogen) atoms. The van der Waals surface area contributed by atoms with Gasteiger partial charge in [-0.25, -0.2) is 4.39 Å². The molecule has 0 atom stereocenters. The molecule has 1 aromatic carbocycles. The van der Waals surface area contributed by atoms with Gasteiger partial charge in [-0.05, 0) is 37.3 Å². The fourth-order valence-corrected chi connectivity index (χ4v) is 3.22. The lowest BCUT2D eigenvalue weighted by atomic mass is 9.87. The summed E-state index contributed by atoms with van der Waals surface area (Å²) in [4.78, 5) is 23.8. The number of hydrogen-bond acceptors (Lipinski definition) is 2. The average molecular weight is 346 g/mol. The SMILES string of the molecule is C/C(=C/C(=O)NCCNC(=O)CC1CCCCC1)c1ccccc1F. The van der Waals surface area contributed by atoms with Gasteiger partial charge in [-0.3, -0.25) is 9.59 Å². The van der Waals surface area contributed by atoms with Crippen molar-refractivity contribution in [2.24, 2.45) is 5.92 Å². The van der Waals surface area contributed by atoms with Crippen molar-refractivity contribution >= 4 is 17.4 Å². The van der Waals surface area contributed by atoms with Crippen LogP contribution in [0.2, 0.25) is 0 Å². The van der Waals surface area contributed by atoms with E-state index in [1.165, 1.54) is 31.4 Å². The number of carbonyl (C=O) groups is 2. The Morgan fingerprint density at radius 3 is 2.52 bits per heavy atom. The van der Waals surface area contributed by atoms with Gasteiger partial charge in [-0.1, -0.05) is 37.5 Å². The lowest BCUT2D eigenvalue weighted by molar-refractivity contribution is -0.122. The van der Waals surface area contributed by atoms with Gasteiger partial charge < -0.3 is 10.6 Å². The number of allylic oxidation sites excluding steroid dienone is 1. The van der Waals surface area contributed by atoms with Crippen LogP contribution in [-0.4, -0.2) is 24.9 Å². The van der Waals surface area contributed by atoms with Crippen LogP contribution in [0.15, 0.2) is 30.3 Å². The van der Waals surface area contributed by atoms with Crippen LogP contribution in [0.3, 0.4) is 0 Å². The van der Waals surface area contributed by atoms with Crippen molar-refractivity contribution in [3.8, 4) is 0 Å². The molecule has 4 nitrogen and oxygen atoms in total. The van der Waals surface area contributed by atoms with Crippen molar-refractivity contribution in [3.05, 3.63) is 41.7 Å². The number of nitrogens with one attached hydrogen (secondary N) is 2. The Hall–Kier alpha value is -2.17. The molecule has 1 saturated carbocycles. The zero-order valence-electron chi connectivity index (χ0n) is 14.8. The number of halogens is 1. The maximum absolute atomic E-state index is 13.7. The molecule has 2 amide bonds. The summed E-state index contributed by atoms with van der Waals surface area (Å²) in [5.74, 6) is -0.0739. The normalized spacial score (nSPS) is 15.7. The quantitative estimate of drug-likeness (QED) is 0.587. The smallest absolute Gasteiger partial charge is 0.244 e. The Morgan fingerprint density at radius 1 is 1.12 bits per heavy atom.